The Kier molecular flexibility index (Phi) is 56.5. The molecule has 80 heavy (non-hydrogen) atoms. The SMILES string of the molecule is CCCNC(=O)CCOCCNC(=O)CCOCCNC(=O)CCOCCOCCOCCOCCN(CCOCCOCCOCCOCCC(=O)NCCOCCC(=O)NCCOCCC(=O)NCCC)C(=O)CCN=[N+]=[N-]. The lowest BCUT2D eigenvalue weighted by Gasteiger charge is -2.22. The molecule has 0 rings (SSSR count). The summed E-state index contributed by atoms with van der Waals surface area (Å²) < 4.78 is 65.8. The summed E-state index contributed by atoms with van der Waals surface area (Å²) in [6.07, 6.45) is 3.12. The predicted octanol–water partition coefficient (Wildman–Crippen LogP) is -0.428. The molecule has 0 radical (unpaired) electrons. The standard InChI is InChI=1S/C51H96N10O19/c1-3-12-53-45(62)6-21-69-27-15-55-47(64)8-23-71-29-17-57-49(66)10-25-73-33-37-77-41-43-79-39-35-75-31-19-61(51(68)5-14-59-60-52)20-32-76-36-40-80-44-42-78-38-34-74-26-11-50(67)58-18-30-72-24-9-48(65)56-16-28-70-22-7-46(63)54-13-4-2/h3-44H2,1-2H3,(H,53,62)(H,54,63)(H,55,64)(H,56,65)(H,57,66)(H,58,67). The summed E-state index contributed by atoms with van der Waals surface area (Å²) in [7, 11) is 0. The van der Waals surface area contributed by atoms with Crippen LogP contribution in [0.15, 0.2) is 5.11 Å². The summed E-state index contributed by atoms with van der Waals surface area (Å²) in [5.41, 5.74) is 8.59. The lowest BCUT2D eigenvalue weighted by molar-refractivity contribution is -0.133. The number of carbonyl (C=O) groups excluding carboxylic acids is 7. The van der Waals surface area contributed by atoms with Crippen molar-refractivity contribution in [1.29, 1.82) is 0 Å². The number of nitrogens with zero attached hydrogens (tertiary/aromatic N) is 4. The van der Waals surface area contributed by atoms with E-state index < -0.39 is 0 Å². The van der Waals surface area contributed by atoms with E-state index >= 15 is 0 Å². The van der Waals surface area contributed by atoms with Gasteiger partial charge in [-0.15, -0.1) is 0 Å². The number of nitrogens with one attached hydrogen (secondary N) is 6. The second-order valence-electron chi connectivity index (χ2n) is 17.0. The van der Waals surface area contributed by atoms with Gasteiger partial charge in [0.1, 0.15) is 0 Å². The summed E-state index contributed by atoms with van der Waals surface area (Å²) >= 11 is 0. The van der Waals surface area contributed by atoms with Crippen molar-refractivity contribution < 1.29 is 90.4 Å². The average Bonchev–Trinajstić information content (AvgIpc) is 3.45. The van der Waals surface area contributed by atoms with Crippen LogP contribution in [0.5, 0.6) is 0 Å². The van der Waals surface area contributed by atoms with Gasteiger partial charge < -0.3 is 93.6 Å². The zero-order valence-electron chi connectivity index (χ0n) is 47.7. The zero-order chi connectivity index (χ0) is 58.5. The van der Waals surface area contributed by atoms with Crippen LogP contribution >= 0.6 is 0 Å². The van der Waals surface area contributed by atoms with Gasteiger partial charge >= 0.3 is 0 Å². The van der Waals surface area contributed by atoms with E-state index in [1.54, 1.807) is 4.90 Å². The fraction of sp³-hybridized carbons (Fsp3) is 0.863. The molecule has 0 saturated carbocycles. The van der Waals surface area contributed by atoms with Crippen LogP contribution in [0.3, 0.4) is 0 Å². The molecule has 0 aliphatic heterocycles. The summed E-state index contributed by atoms with van der Waals surface area (Å²) in [5, 5.41) is 19.9. The van der Waals surface area contributed by atoms with Crippen LogP contribution in [-0.2, 0) is 90.4 Å². The average molecular weight is 1150 g/mol. The van der Waals surface area contributed by atoms with Gasteiger partial charge in [0.05, 0.1) is 159 Å². The van der Waals surface area contributed by atoms with Crippen molar-refractivity contribution in [3.8, 4) is 0 Å². The van der Waals surface area contributed by atoms with Crippen molar-refractivity contribution in [3.63, 3.8) is 0 Å². The summed E-state index contributed by atoms with van der Waals surface area (Å²) in [6, 6.07) is 0. The fourth-order valence-electron chi connectivity index (χ4n) is 6.09. The first-order valence-electron chi connectivity index (χ1n) is 27.9. The molecule has 7 amide bonds. The minimum atomic E-state index is -0.189. The van der Waals surface area contributed by atoms with Crippen molar-refractivity contribution in [1.82, 2.24) is 36.8 Å². The van der Waals surface area contributed by atoms with Crippen molar-refractivity contribution in [2.24, 2.45) is 5.11 Å². The van der Waals surface area contributed by atoms with Gasteiger partial charge in [-0.25, -0.2) is 0 Å². The Morgan fingerprint density at radius 1 is 0.325 bits per heavy atom. The molecule has 29 nitrogen and oxygen atoms in total. The molecular formula is C51H96N10O19. The number of amides is 7. The Hall–Kier alpha value is -4.88. The second-order valence-corrected chi connectivity index (χ2v) is 17.0. The maximum Gasteiger partial charge on any atom is 0.222 e. The molecule has 0 saturated heterocycles. The molecule has 464 valence electrons. The summed E-state index contributed by atoms with van der Waals surface area (Å²) in [6.45, 7) is 14.5. The lowest BCUT2D eigenvalue weighted by atomic mass is 10.3. The summed E-state index contributed by atoms with van der Waals surface area (Å²) in [4.78, 5) is 87.8. The van der Waals surface area contributed by atoms with E-state index in [9.17, 15) is 33.6 Å². The minimum Gasteiger partial charge on any atom is -0.379 e. The third kappa shape index (κ3) is 56.4. The van der Waals surface area contributed by atoms with Crippen LogP contribution < -0.4 is 31.9 Å². The number of rotatable bonds is 61. The molecule has 0 aromatic carbocycles. The Balaban J connectivity index is 3.72. The maximum absolute atomic E-state index is 12.7. The predicted molar refractivity (Wildman–Crippen MR) is 291 cm³/mol. The first kappa shape index (κ1) is 75.1. The number of ether oxygens (including phenoxy) is 12. The molecular weight excluding hydrogens is 1060 g/mol. The number of azide groups is 1. The van der Waals surface area contributed by atoms with E-state index in [2.05, 4.69) is 41.9 Å². The van der Waals surface area contributed by atoms with Crippen molar-refractivity contribution in [3.05, 3.63) is 10.4 Å². The van der Waals surface area contributed by atoms with E-state index in [0.29, 0.717) is 158 Å². The minimum absolute atomic E-state index is 0.0466. The van der Waals surface area contributed by atoms with E-state index in [1.807, 2.05) is 13.8 Å². The van der Waals surface area contributed by atoms with E-state index in [1.165, 1.54) is 0 Å². The smallest absolute Gasteiger partial charge is 0.222 e. The van der Waals surface area contributed by atoms with Crippen LogP contribution in [0.2, 0.25) is 0 Å². The van der Waals surface area contributed by atoms with Crippen molar-refractivity contribution in [2.75, 3.05) is 217 Å². The molecule has 0 atom stereocenters. The second kappa shape index (κ2) is 60.2. The quantitative estimate of drug-likeness (QED) is 0.0195. The molecule has 0 fully saturated rings. The first-order valence-corrected chi connectivity index (χ1v) is 27.9. The van der Waals surface area contributed by atoms with E-state index in [0.717, 1.165) is 12.8 Å². The molecule has 0 aromatic rings. The number of hydrogen-bond acceptors (Lipinski definition) is 20. The van der Waals surface area contributed by atoms with E-state index in [4.69, 9.17) is 62.4 Å². The van der Waals surface area contributed by atoms with Gasteiger partial charge in [0, 0.05) is 109 Å². The Labute approximate surface area is 472 Å². The molecule has 0 heterocycles. The normalized spacial score (nSPS) is 10.9. The van der Waals surface area contributed by atoms with Crippen molar-refractivity contribution in [2.45, 2.75) is 71.6 Å². The van der Waals surface area contributed by atoms with Crippen molar-refractivity contribution >= 4 is 41.4 Å². The molecule has 0 aromatic heterocycles. The highest BCUT2D eigenvalue weighted by Crippen LogP contribution is 1.98. The van der Waals surface area contributed by atoms with Gasteiger partial charge in [-0.05, 0) is 18.4 Å². The summed E-state index contributed by atoms with van der Waals surface area (Å²) in [5.74, 6) is -0.999. The highest BCUT2D eigenvalue weighted by molar-refractivity contribution is 5.78. The van der Waals surface area contributed by atoms with Gasteiger partial charge in [-0.1, -0.05) is 19.0 Å². The Morgan fingerprint density at radius 2 is 0.550 bits per heavy atom. The monoisotopic (exact) mass is 1150 g/mol. The molecule has 0 unspecified atom stereocenters. The first-order chi connectivity index (χ1) is 39.1. The van der Waals surface area contributed by atoms with Crippen LogP contribution in [0.4, 0.5) is 0 Å². The number of carbonyl (C=O) groups is 7. The molecule has 29 heteroatoms. The largest absolute Gasteiger partial charge is 0.379 e. The Morgan fingerprint density at radius 3 is 0.800 bits per heavy atom. The molecule has 0 aliphatic carbocycles. The van der Waals surface area contributed by atoms with Gasteiger partial charge in [0.15, 0.2) is 0 Å². The molecule has 6 N–H and O–H groups in total. The van der Waals surface area contributed by atoms with Crippen LogP contribution in [-0.4, -0.2) is 264 Å². The lowest BCUT2D eigenvalue weighted by Crippen LogP contribution is -2.37. The van der Waals surface area contributed by atoms with Gasteiger partial charge in [-0.2, -0.15) is 0 Å². The van der Waals surface area contributed by atoms with Gasteiger partial charge in [0.2, 0.25) is 41.4 Å². The molecule has 0 bridgehead atoms. The third-order valence-corrected chi connectivity index (χ3v) is 10.3. The highest BCUT2D eigenvalue weighted by atomic mass is 16.6. The van der Waals surface area contributed by atoms with Crippen LogP contribution in [0.1, 0.15) is 71.6 Å². The maximum atomic E-state index is 12.7. The number of hydrogen-bond donors (Lipinski definition) is 6. The zero-order valence-corrected chi connectivity index (χ0v) is 47.7. The van der Waals surface area contributed by atoms with Crippen LogP contribution in [0.25, 0.3) is 10.4 Å². The highest BCUT2D eigenvalue weighted by Gasteiger charge is 2.13. The molecule has 0 aliphatic rings. The van der Waals surface area contributed by atoms with Crippen LogP contribution in [0, 0.1) is 0 Å². The fourth-order valence-corrected chi connectivity index (χ4v) is 6.09. The third-order valence-electron chi connectivity index (χ3n) is 10.3. The van der Waals surface area contributed by atoms with E-state index in [-0.39, 0.29) is 146 Å². The Bertz CT molecular complexity index is 1510. The van der Waals surface area contributed by atoms with Gasteiger partial charge in [-0.3, -0.25) is 33.6 Å². The molecule has 0 spiro atoms. The van der Waals surface area contributed by atoms with Gasteiger partial charge in [0.25, 0.3) is 0 Å². The topological polar surface area (TPSA) is 354 Å².